The van der Waals surface area contributed by atoms with Crippen molar-refractivity contribution in [1.29, 1.82) is 0 Å². The van der Waals surface area contributed by atoms with Crippen LogP contribution >= 0.6 is 0 Å². The largest absolute Gasteiger partial charge is 0.497 e. The molecule has 0 radical (unpaired) electrons. The number of aliphatic hydroxyl groups is 1. The Labute approximate surface area is 209 Å². The lowest BCUT2D eigenvalue weighted by Gasteiger charge is -2.20. The van der Waals surface area contributed by atoms with Gasteiger partial charge >= 0.3 is 0 Å². The van der Waals surface area contributed by atoms with E-state index in [4.69, 9.17) is 15.5 Å². The number of likely N-dealkylation sites (tertiary alicyclic amines) is 1. The number of aromatic amines is 1. The van der Waals surface area contributed by atoms with E-state index in [1.807, 2.05) is 36.4 Å². The average Bonchev–Trinajstić information content (AvgIpc) is 3.50. The van der Waals surface area contributed by atoms with Crippen molar-refractivity contribution >= 4 is 28.4 Å². The van der Waals surface area contributed by atoms with Crippen molar-refractivity contribution in [1.82, 2.24) is 19.9 Å². The van der Waals surface area contributed by atoms with Gasteiger partial charge in [0.25, 0.3) is 5.91 Å². The molecule has 1 aliphatic heterocycles. The van der Waals surface area contributed by atoms with Crippen LogP contribution in [0.5, 0.6) is 5.75 Å². The number of rotatable bonds is 8. The quantitative estimate of drug-likeness (QED) is 0.299. The van der Waals surface area contributed by atoms with Crippen molar-refractivity contribution in [2.45, 2.75) is 32.4 Å². The van der Waals surface area contributed by atoms with Gasteiger partial charge in [-0.3, -0.25) is 9.69 Å². The first kappa shape index (κ1) is 23.8. The molecule has 9 heteroatoms. The van der Waals surface area contributed by atoms with Crippen LogP contribution in [0.4, 0.5) is 11.4 Å². The molecule has 3 heterocycles. The van der Waals surface area contributed by atoms with E-state index in [1.54, 1.807) is 7.11 Å². The molecule has 5 N–H and O–H groups in total. The number of hydrogen-bond donors (Lipinski definition) is 4. The Balaban J connectivity index is 1.55. The summed E-state index contributed by atoms with van der Waals surface area (Å²) in [5.41, 5.74) is 11.7. The smallest absolute Gasteiger partial charge is 0.252 e. The predicted molar refractivity (Wildman–Crippen MR) is 139 cm³/mol. The van der Waals surface area contributed by atoms with E-state index in [9.17, 15) is 9.90 Å². The maximum Gasteiger partial charge on any atom is 0.252 e. The lowest BCUT2D eigenvalue weighted by Crippen LogP contribution is -2.22. The molecule has 1 unspecified atom stereocenters. The Morgan fingerprint density at radius 2 is 2.08 bits per heavy atom. The summed E-state index contributed by atoms with van der Waals surface area (Å²) in [5.74, 6) is 0.796. The van der Waals surface area contributed by atoms with E-state index in [-0.39, 0.29) is 11.7 Å². The van der Waals surface area contributed by atoms with Crippen LogP contribution in [0.3, 0.4) is 0 Å². The van der Waals surface area contributed by atoms with Crippen molar-refractivity contribution < 1.29 is 14.6 Å². The average molecular weight is 487 g/mol. The summed E-state index contributed by atoms with van der Waals surface area (Å²) in [7, 11) is 1.62. The molecule has 186 valence electrons. The van der Waals surface area contributed by atoms with E-state index in [1.165, 1.54) is 11.8 Å². The summed E-state index contributed by atoms with van der Waals surface area (Å²) < 4.78 is 5.25. The standard InChI is InChI=1S/C27H30N6O3/c1-3-20-17(14-33-12-11-18(34)15-33)5-4-6-22(20)30-23-21(25(28)35)13-29-27-24(23)31-26(32-27)16-7-9-19(36-2)10-8-16/h4-10,13,18,34H,3,11-12,14-15H2,1-2H3,(H2,28,35)(H2,29,30,31,32). The Hall–Kier alpha value is -3.95. The topological polar surface area (TPSA) is 129 Å². The number of β-amino-alcohol motifs (C(OH)–C–C–N with tert-alkyl or cyclic N) is 1. The van der Waals surface area contributed by atoms with E-state index >= 15 is 0 Å². The third-order valence-corrected chi connectivity index (χ3v) is 6.67. The summed E-state index contributed by atoms with van der Waals surface area (Å²) in [6.45, 7) is 4.42. The maximum atomic E-state index is 12.3. The molecule has 9 nitrogen and oxygen atoms in total. The van der Waals surface area contributed by atoms with E-state index in [2.05, 4.69) is 33.2 Å². The van der Waals surface area contributed by atoms with Gasteiger partial charge in [-0.2, -0.15) is 0 Å². The van der Waals surface area contributed by atoms with Gasteiger partial charge in [0.1, 0.15) is 17.1 Å². The molecule has 1 saturated heterocycles. The number of nitrogens with one attached hydrogen (secondary N) is 2. The van der Waals surface area contributed by atoms with Gasteiger partial charge in [-0.15, -0.1) is 0 Å². The molecule has 1 fully saturated rings. The number of H-pyrrole nitrogens is 1. The number of imidazole rings is 1. The van der Waals surface area contributed by atoms with Crippen LogP contribution in [-0.4, -0.2) is 57.2 Å². The molecule has 4 aromatic rings. The molecular formula is C27H30N6O3. The lowest BCUT2D eigenvalue weighted by molar-refractivity contribution is 0.100. The number of methoxy groups -OCH3 is 1. The van der Waals surface area contributed by atoms with Crippen LogP contribution < -0.4 is 15.8 Å². The second-order valence-electron chi connectivity index (χ2n) is 9.02. The molecule has 5 rings (SSSR count). The molecule has 1 aliphatic rings. The van der Waals surface area contributed by atoms with Crippen molar-refractivity contribution in [2.75, 3.05) is 25.5 Å². The maximum absolute atomic E-state index is 12.3. The Morgan fingerprint density at radius 1 is 1.28 bits per heavy atom. The van der Waals surface area contributed by atoms with Crippen LogP contribution in [0.1, 0.15) is 34.8 Å². The van der Waals surface area contributed by atoms with Gasteiger partial charge in [0.15, 0.2) is 5.65 Å². The number of aromatic nitrogens is 3. The summed E-state index contributed by atoms with van der Waals surface area (Å²) in [5, 5.41) is 13.4. The summed E-state index contributed by atoms with van der Waals surface area (Å²) in [4.78, 5) is 27.0. The molecule has 1 amide bonds. The number of anilines is 2. The normalized spacial score (nSPS) is 15.9. The van der Waals surface area contributed by atoms with Gasteiger partial charge in [0.2, 0.25) is 0 Å². The van der Waals surface area contributed by atoms with Crippen LogP contribution in [0.2, 0.25) is 0 Å². The van der Waals surface area contributed by atoms with Gasteiger partial charge in [-0.05, 0) is 54.3 Å². The molecule has 0 saturated carbocycles. The number of nitrogens with two attached hydrogens (primary N) is 1. The molecule has 2 aromatic carbocycles. The van der Waals surface area contributed by atoms with Gasteiger partial charge in [0, 0.05) is 37.1 Å². The highest BCUT2D eigenvalue weighted by Crippen LogP contribution is 2.33. The number of ether oxygens (including phenoxy) is 1. The third kappa shape index (κ3) is 4.62. The van der Waals surface area contributed by atoms with Crippen molar-refractivity contribution in [3.8, 4) is 17.1 Å². The number of fused-ring (bicyclic) bond motifs is 1. The molecular weight excluding hydrogens is 456 g/mol. The summed E-state index contributed by atoms with van der Waals surface area (Å²) in [6.07, 6.45) is 2.81. The summed E-state index contributed by atoms with van der Waals surface area (Å²) >= 11 is 0. The molecule has 0 bridgehead atoms. The number of nitrogens with zero attached hydrogens (tertiary/aromatic N) is 3. The van der Waals surface area contributed by atoms with Gasteiger partial charge in [0.05, 0.1) is 24.5 Å². The molecule has 1 atom stereocenters. The van der Waals surface area contributed by atoms with Crippen LogP contribution in [0.25, 0.3) is 22.6 Å². The minimum absolute atomic E-state index is 0.265. The van der Waals surface area contributed by atoms with Crippen molar-refractivity contribution in [2.24, 2.45) is 5.73 Å². The van der Waals surface area contributed by atoms with Crippen molar-refractivity contribution in [3.05, 3.63) is 65.4 Å². The number of carbonyl (C=O) groups is 1. The monoisotopic (exact) mass is 486 g/mol. The number of carbonyl (C=O) groups excluding carboxylic acids is 1. The Bertz CT molecular complexity index is 1400. The molecule has 0 aliphatic carbocycles. The van der Waals surface area contributed by atoms with Gasteiger partial charge in [-0.1, -0.05) is 19.1 Å². The zero-order valence-electron chi connectivity index (χ0n) is 20.4. The SMILES string of the molecule is CCc1c(CN2CCC(O)C2)cccc1Nc1c(C(N)=O)cnc2[nH]c(-c3ccc(OC)cc3)nc12. The van der Waals surface area contributed by atoms with E-state index in [0.717, 1.165) is 48.5 Å². The second kappa shape index (κ2) is 9.96. The number of pyridine rings is 1. The fourth-order valence-electron chi connectivity index (χ4n) is 4.80. The minimum Gasteiger partial charge on any atom is -0.497 e. The number of amides is 1. The van der Waals surface area contributed by atoms with Gasteiger partial charge < -0.3 is 25.9 Å². The zero-order chi connectivity index (χ0) is 25.2. The molecule has 2 aromatic heterocycles. The van der Waals surface area contributed by atoms with Crippen LogP contribution in [0, 0.1) is 0 Å². The number of primary amides is 1. The fraction of sp³-hybridized carbons (Fsp3) is 0.296. The highest BCUT2D eigenvalue weighted by molar-refractivity contribution is 6.06. The van der Waals surface area contributed by atoms with Crippen molar-refractivity contribution in [3.63, 3.8) is 0 Å². The highest BCUT2D eigenvalue weighted by atomic mass is 16.5. The molecule has 0 spiro atoms. The first-order valence-electron chi connectivity index (χ1n) is 12.1. The Kier molecular flexibility index (Phi) is 6.58. The second-order valence-corrected chi connectivity index (χ2v) is 9.02. The highest BCUT2D eigenvalue weighted by Gasteiger charge is 2.22. The Morgan fingerprint density at radius 3 is 2.75 bits per heavy atom. The molecule has 36 heavy (non-hydrogen) atoms. The summed E-state index contributed by atoms with van der Waals surface area (Å²) in [6, 6.07) is 13.7. The predicted octanol–water partition coefficient (Wildman–Crippen LogP) is 3.61. The first-order chi connectivity index (χ1) is 17.5. The first-order valence-corrected chi connectivity index (χ1v) is 12.1. The van der Waals surface area contributed by atoms with Gasteiger partial charge in [-0.25, -0.2) is 9.97 Å². The van der Waals surface area contributed by atoms with Crippen LogP contribution in [-0.2, 0) is 13.0 Å². The zero-order valence-corrected chi connectivity index (χ0v) is 20.4. The third-order valence-electron chi connectivity index (χ3n) is 6.67. The number of hydrogen-bond acceptors (Lipinski definition) is 7. The van der Waals surface area contributed by atoms with E-state index in [0.29, 0.717) is 29.2 Å². The fourth-order valence-corrected chi connectivity index (χ4v) is 4.80. The van der Waals surface area contributed by atoms with E-state index < -0.39 is 5.91 Å². The number of aliphatic hydroxyl groups excluding tert-OH is 1. The lowest BCUT2D eigenvalue weighted by atomic mass is 10.0. The number of benzene rings is 2. The van der Waals surface area contributed by atoms with Crippen LogP contribution in [0.15, 0.2) is 48.7 Å². The minimum atomic E-state index is -0.582.